The molecule has 6 nitrogen and oxygen atoms in total. The fraction of sp³-hybridized carbons (Fsp3) is 0.471. The van der Waals surface area contributed by atoms with Gasteiger partial charge in [0, 0.05) is 6.61 Å². The quantitative estimate of drug-likeness (QED) is 0.209. The highest BCUT2D eigenvalue weighted by Crippen LogP contribution is 2.35. The molecule has 2 aliphatic heterocycles. The van der Waals surface area contributed by atoms with Crippen molar-refractivity contribution >= 4 is 11.8 Å². The zero-order valence-electron chi connectivity index (χ0n) is 23.8. The van der Waals surface area contributed by atoms with Crippen LogP contribution in [0.1, 0.15) is 42.9 Å². The zero-order valence-corrected chi connectivity index (χ0v) is 24.7. The molecule has 5 rings (SSSR count). The number of ether oxygens (including phenoxy) is 6. The molecular weight excluding hydrogens is 536 g/mol. The van der Waals surface area contributed by atoms with Gasteiger partial charge in [0.05, 0.1) is 26.4 Å². The average Bonchev–Trinajstić information content (AvgIpc) is 3.03. The van der Waals surface area contributed by atoms with Gasteiger partial charge in [0.1, 0.15) is 29.9 Å². The van der Waals surface area contributed by atoms with Gasteiger partial charge >= 0.3 is 0 Å². The maximum absolute atomic E-state index is 6.75. The lowest BCUT2D eigenvalue weighted by molar-refractivity contribution is -0.266. The van der Waals surface area contributed by atoms with Crippen molar-refractivity contribution in [3.05, 3.63) is 108 Å². The zero-order chi connectivity index (χ0) is 28.1. The van der Waals surface area contributed by atoms with E-state index >= 15 is 0 Å². The Kier molecular flexibility index (Phi) is 12.1. The number of rotatable bonds is 14. The molecule has 0 saturated carbocycles. The highest BCUT2D eigenvalue weighted by molar-refractivity contribution is 7.99. The van der Waals surface area contributed by atoms with Gasteiger partial charge in [0.15, 0.2) is 6.29 Å². The predicted molar refractivity (Wildman–Crippen MR) is 161 cm³/mol. The standard InChI is InChI=1S/C34H42O6S/c1-2-41-34-33(39-24-28-18-10-5-11-19-28)32(38-23-27-16-8-4-9-17-27)31(37-22-26-14-6-3-7-15-26)29(40-34)25-36-30-20-12-13-21-35-30/h3-11,14-19,29-34H,2,12-13,20-25H2,1H3/t29-,30?,31-,32+,33-,34+/m1/s1. The SMILES string of the molecule is CCS[C@@H]1O[C@H](COC2CCCCO2)[C@@H](OCc2ccccc2)[C@H](OCc2ccccc2)[C@H]1OCc1ccccc1. The van der Waals surface area contributed by atoms with E-state index in [1.54, 1.807) is 11.8 Å². The normalized spacial score (nSPS) is 26.6. The number of hydrogen-bond acceptors (Lipinski definition) is 7. The van der Waals surface area contributed by atoms with Crippen LogP contribution in [-0.2, 0) is 48.2 Å². The second kappa shape index (κ2) is 16.4. The molecule has 2 fully saturated rings. The second-order valence-electron chi connectivity index (χ2n) is 10.4. The van der Waals surface area contributed by atoms with E-state index in [9.17, 15) is 0 Å². The number of benzene rings is 3. The van der Waals surface area contributed by atoms with Crippen LogP contribution < -0.4 is 0 Å². The Morgan fingerprint density at radius 1 is 0.659 bits per heavy atom. The second-order valence-corrected chi connectivity index (χ2v) is 11.8. The lowest BCUT2D eigenvalue weighted by atomic mass is 9.98. The third kappa shape index (κ3) is 9.13. The van der Waals surface area contributed by atoms with Crippen molar-refractivity contribution in [3.63, 3.8) is 0 Å². The fourth-order valence-electron chi connectivity index (χ4n) is 5.22. The Labute approximate surface area is 248 Å². The maximum Gasteiger partial charge on any atom is 0.157 e. The smallest absolute Gasteiger partial charge is 0.157 e. The maximum atomic E-state index is 6.75. The van der Waals surface area contributed by atoms with Crippen molar-refractivity contribution in [3.8, 4) is 0 Å². The average molecular weight is 579 g/mol. The van der Waals surface area contributed by atoms with E-state index in [1.807, 2.05) is 54.6 Å². The number of hydrogen-bond donors (Lipinski definition) is 0. The van der Waals surface area contributed by atoms with E-state index in [1.165, 1.54) is 0 Å². The molecule has 0 radical (unpaired) electrons. The lowest BCUT2D eigenvalue weighted by Gasteiger charge is -2.46. The van der Waals surface area contributed by atoms with Crippen molar-refractivity contribution in [2.45, 2.75) is 82.1 Å². The van der Waals surface area contributed by atoms with Crippen molar-refractivity contribution in [2.75, 3.05) is 19.0 Å². The molecule has 0 aliphatic carbocycles. The van der Waals surface area contributed by atoms with Gasteiger partial charge in [-0.3, -0.25) is 0 Å². The van der Waals surface area contributed by atoms with Gasteiger partial charge in [-0.15, -0.1) is 11.8 Å². The lowest BCUT2D eigenvalue weighted by Crippen LogP contribution is -2.60. The van der Waals surface area contributed by atoms with Crippen molar-refractivity contribution in [1.82, 2.24) is 0 Å². The van der Waals surface area contributed by atoms with E-state index in [0.29, 0.717) is 26.4 Å². The summed E-state index contributed by atoms with van der Waals surface area (Å²) >= 11 is 1.73. The van der Waals surface area contributed by atoms with Gasteiger partial charge in [0.25, 0.3) is 0 Å². The summed E-state index contributed by atoms with van der Waals surface area (Å²) in [6.45, 7) is 4.58. The molecule has 0 amide bonds. The molecule has 7 heteroatoms. The van der Waals surface area contributed by atoms with Crippen LogP contribution in [0.25, 0.3) is 0 Å². The molecule has 0 N–H and O–H groups in total. The Morgan fingerprint density at radius 2 is 1.20 bits per heavy atom. The summed E-state index contributed by atoms with van der Waals surface area (Å²) in [5.74, 6) is 0.885. The molecule has 2 saturated heterocycles. The van der Waals surface area contributed by atoms with Gasteiger partial charge < -0.3 is 28.4 Å². The molecule has 3 aromatic rings. The molecular formula is C34H42O6S. The fourth-order valence-corrected chi connectivity index (χ4v) is 6.20. The van der Waals surface area contributed by atoms with Crippen LogP contribution in [0.3, 0.4) is 0 Å². The summed E-state index contributed by atoms with van der Waals surface area (Å²) in [6, 6.07) is 30.7. The highest BCUT2D eigenvalue weighted by Gasteiger charge is 2.48. The van der Waals surface area contributed by atoms with E-state index < -0.39 is 6.10 Å². The Morgan fingerprint density at radius 3 is 1.71 bits per heavy atom. The third-order valence-corrected chi connectivity index (χ3v) is 8.40. The minimum absolute atomic E-state index is 0.213. The summed E-state index contributed by atoms with van der Waals surface area (Å²) in [7, 11) is 0. The minimum Gasteiger partial charge on any atom is -0.368 e. The van der Waals surface area contributed by atoms with Crippen LogP contribution in [-0.4, -0.2) is 55.1 Å². The highest BCUT2D eigenvalue weighted by atomic mass is 32.2. The Hall–Kier alpha value is -2.23. The summed E-state index contributed by atoms with van der Waals surface area (Å²) in [6.07, 6.45) is 1.40. The molecule has 2 aliphatic rings. The van der Waals surface area contributed by atoms with E-state index in [2.05, 4.69) is 43.3 Å². The van der Waals surface area contributed by atoms with E-state index in [0.717, 1.165) is 48.3 Å². The van der Waals surface area contributed by atoms with Gasteiger partial charge in [-0.25, -0.2) is 0 Å². The number of thioether (sulfide) groups is 1. The monoisotopic (exact) mass is 578 g/mol. The molecule has 0 bridgehead atoms. The first kappa shape index (κ1) is 30.2. The topological polar surface area (TPSA) is 55.4 Å². The summed E-state index contributed by atoms with van der Waals surface area (Å²) in [5, 5.41) is 0. The first-order valence-corrected chi connectivity index (χ1v) is 15.8. The molecule has 1 unspecified atom stereocenters. The predicted octanol–water partition coefficient (Wildman–Crippen LogP) is 6.76. The van der Waals surface area contributed by atoms with Gasteiger partial charge in [-0.2, -0.15) is 0 Å². The van der Waals surface area contributed by atoms with Gasteiger partial charge in [-0.1, -0.05) is 97.9 Å². The summed E-state index contributed by atoms with van der Waals surface area (Å²) in [5.41, 5.74) is 3.07. The molecule has 2 heterocycles. The van der Waals surface area contributed by atoms with Crippen molar-refractivity contribution in [1.29, 1.82) is 0 Å². The van der Waals surface area contributed by atoms with Crippen LogP contribution in [0.2, 0.25) is 0 Å². The Bertz CT molecular complexity index is 1110. The van der Waals surface area contributed by atoms with Crippen molar-refractivity contribution in [2.24, 2.45) is 0 Å². The van der Waals surface area contributed by atoms with Crippen LogP contribution in [0.4, 0.5) is 0 Å². The minimum atomic E-state index is -0.406. The first-order chi connectivity index (χ1) is 20.3. The van der Waals surface area contributed by atoms with Gasteiger partial charge in [-0.05, 0) is 41.7 Å². The third-order valence-electron chi connectivity index (χ3n) is 7.36. The van der Waals surface area contributed by atoms with E-state index in [4.69, 9.17) is 28.4 Å². The molecule has 41 heavy (non-hydrogen) atoms. The summed E-state index contributed by atoms with van der Waals surface area (Å²) in [4.78, 5) is 0. The summed E-state index contributed by atoms with van der Waals surface area (Å²) < 4.78 is 39.0. The van der Waals surface area contributed by atoms with Crippen LogP contribution >= 0.6 is 11.8 Å². The largest absolute Gasteiger partial charge is 0.368 e. The van der Waals surface area contributed by atoms with Crippen LogP contribution in [0.5, 0.6) is 0 Å². The molecule has 220 valence electrons. The molecule has 3 aromatic carbocycles. The molecule has 6 atom stereocenters. The van der Waals surface area contributed by atoms with Crippen molar-refractivity contribution < 1.29 is 28.4 Å². The van der Waals surface area contributed by atoms with Gasteiger partial charge in [0.2, 0.25) is 0 Å². The molecule has 0 aromatic heterocycles. The van der Waals surface area contributed by atoms with Crippen LogP contribution in [0, 0.1) is 0 Å². The van der Waals surface area contributed by atoms with E-state index in [-0.39, 0.29) is 30.0 Å². The Balaban J connectivity index is 1.40. The molecule has 0 spiro atoms. The first-order valence-electron chi connectivity index (χ1n) is 14.8. The van der Waals surface area contributed by atoms with Crippen LogP contribution in [0.15, 0.2) is 91.0 Å².